The Kier molecular flexibility index (Phi) is 6.11. The highest BCUT2D eigenvalue weighted by molar-refractivity contribution is 5.80. The normalized spacial score (nSPS) is 16.0. The molecule has 3 aromatic rings. The second-order valence-corrected chi connectivity index (χ2v) is 7.92. The lowest BCUT2D eigenvalue weighted by atomic mass is 10.1. The summed E-state index contributed by atoms with van der Waals surface area (Å²) in [5, 5.41) is 19.9. The SMILES string of the molecule is Cc1nnc(CN=C(NC2CCCC2)NC(C)c2cccc(-n3cccn3)c2)n1C. The van der Waals surface area contributed by atoms with Gasteiger partial charge in [0.1, 0.15) is 12.4 Å². The first kappa shape index (κ1) is 20.1. The Hall–Kier alpha value is -3.16. The van der Waals surface area contributed by atoms with E-state index in [4.69, 9.17) is 4.99 Å². The standard InChI is InChI=1S/C22H30N8/c1-16(18-8-6-11-20(14-18)30-13-7-12-24-30)25-22(26-19-9-4-5-10-19)23-15-21-28-27-17(2)29(21)3/h6-8,11-14,16,19H,4-5,9-10,15H2,1-3H3,(H2,23,25,26). The quantitative estimate of drug-likeness (QED) is 0.485. The zero-order valence-electron chi connectivity index (χ0n) is 17.9. The molecule has 4 rings (SSSR count). The lowest BCUT2D eigenvalue weighted by molar-refractivity contribution is 0.592. The predicted molar refractivity (Wildman–Crippen MR) is 117 cm³/mol. The summed E-state index contributed by atoms with van der Waals surface area (Å²) in [6, 6.07) is 10.9. The zero-order chi connectivity index (χ0) is 20.9. The van der Waals surface area contributed by atoms with Crippen LogP contribution in [-0.2, 0) is 13.6 Å². The van der Waals surface area contributed by atoms with Crippen LogP contribution in [0.15, 0.2) is 47.7 Å². The Labute approximate surface area is 177 Å². The van der Waals surface area contributed by atoms with Crippen LogP contribution in [-0.4, -0.2) is 36.5 Å². The van der Waals surface area contributed by atoms with E-state index >= 15 is 0 Å². The summed E-state index contributed by atoms with van der Waals surface area (Å²) >= 11 is 0. The average molecular weight is 407 g/mol. The third-order valence-corrected chi connectivity index (χ3v) is 5.75. The number of guanidine groups is 1. The van der Waals surface area contributed by atoms with Gasteiger partial charge in [-0.15, -0.1) is 10.2 Å². The minimum absolute atomic E-state index is 0.0920. The van der Waals surface area contributed by atoms with Gasteiger partial charge in [0.2, 0.25) is 0 Å². The largest absolute Gasteiger partial charge is 0.354 e. The summed E-state index contributed by atoms with van der Waals surface area (Å²) in [5.41, 5.74) is 2.22. The molecule has 8 heteroatoms. The van der Waals surface area contributed by atoms with Crippen molar-refractivity contribution in [3.63, 3.8) is 0 Å². The molecule has 0 spiro atoms. The molecule has 1 atom stereocenters. The minimum Gasteiger partial charge on any atom is -0.354 e. The van der Waals surface area contributed by atoms with Crippen LogP contribution in [0.3, 0.4) is 0 Å². The Balaban J connectivity index is 1.51. The third kappa shape index (κ3) is 4.69. The van der Waals surface area contributed by atoms with Gasteiger partial charge >= 0.3 is 0 Å². The van der Waals surface area contributed by atoms with E-state index < -0.39 is 0 Å². The molecule has 1 aliphatic rings. The maximum Gasteiger partial charge on any atom is 0.192 e. The third-order valence-electron chi connectivity index (χ3n) is 5.75. The van der Waals surface area contributed by atoms with Gasteiger partial charge in [-0.1, -0.05) is 25.0 Å². The number of rotatable bonds is 6. The molecule has 1 fully saturated rings. The fourth-order valence-electron chi connectivity index (χ4n) is 3.78. The predicted octanol–water partition coefficient (Wildman–Crippen LogP) is 3.05. The number of aryl methyl sites for hydroxylation is 1. The van der Waals surface area contributed by atoms with E-state index in [0.717, 1.165) is 23.3 Å². The number of hydrogen-bond acceptors (Lipinski definition) is 4. The smallest absolute Gasteiger partial charge is 0.192 e. The second kappa shape index (κ2) is 9.11. The summed E-state index contributed by atoms with van der Waals surface area (Å²) in [6.45, 7) is 4.59. The molecule has 158 valence electrons. The van der Waals surface area contributed by atoms with E-state index in [1.807, 2.05) is 35.5 Å². The van der Waals surface area contributed by atoms with Crippen LogP contribution in [0, 0.1) is 6.92 Å². The first-order chi connectivity index (χ1) is 14.6. The molecule has 0 aliphatic heterocycles. The molecule has 1 unspecified atom stereocenters. The fourth-order valence-corrected chi connectivity index (χ4v) is 3.78. The first-order valence-corrected chi connectivity index (χ1v) is 10.6. The van der Waals surface area contributed by atoms with Crippen molar-refractivity contribution < 1.29 is 0 Å². The Bertz CT molecular complexity index is 982. The summed E-state index contributed by atoms with van der Waals surface area (Å²) in [5.74, 6) is 2.56. The Morgan fingerprint density at radius 3 is 2.77 bits per heavy atom. The van der Waals surface area contributed by atoms with Gasteiger partial charge in [-0.25, -0.2) is 9.67 Å². The molecule has 30 heavy (non-hydrogen) atoms. The molecule has 1 aromatic carbocycles. The average Bonchev–Trinajstić information content (AvgIpc) is 3.51. The maximum absolute atomic E-state index is 4.82. The maximum atomic E-state index is 4.82. The number of aliphatic imine (C=N–C) groups is 1. The van der Waals surface area contributed by atoms with Gasteiger partial charge in [0, 0.05) is 25.5 Å². The van der Waals surface area contributed by atoms with E-state index in [0.29, 0.717) is 12.6 Å². The van der Waals surface area contributed by atoms with Crippen molar-refractivity contribution in [2.45, 2.75) is 58.2 Å². The molecule has 0 bridgehead atoms. The van der Waals surface area contributed by atoms with Crippen molar-refractivity contribution in [3.05, 3.63) is 59.9 Å². The molecular weight excluding hydrogens is 376 g/mol. The van der Waals surface area contributed by atoms with E-state index in [1.165, 1.54) is 31.2 Å². The van der Waals surface area contributed by atoms with Gasteiger partial charge in [0.05, 0.1) is 11.7 Å². The topological polar surface area (TPSA) is 84.9 Å². The summed E-state index contributed by atoms with van der Waals surface area (Å²) in [7, 11) is 1.97. The lowest BCUT2D eigenvalue weighted by Crippen LogP contribution is -2.43. The zero-order valence-corrected chi connectivity index (χ0v) is 17.9. The van der Waals surface area contributed by atoms with Gasteiger partial charge in [-0.3, -0.25) is 0 Å². The fraction of sp³-hybridized carbons (Fsp3) is 0.455. The van der Waals surface area contributed by atoms with Crippen molar-refractivity contribution in [2.75, 3.05) is 0 Å². The first-order valence-electron chi connectivity index (χ1n) is 10.6. The van der Waals surface area contributed by atoms with Gasteiger partial charge in [-0.05, 0) is 50.5 Å². The van der Waals surface area contributed by atoms with Crippen LogP contribution in [0.1, 0.15) is 55.9 Å². The van der Waals surface area contributed by atoms with E-state index in [1.54, 1.807) is 6.20 Å². The van der Waals surface area contributed by atoms with Crippen LogP contribution >= 0.6 is 0 Å². The van der Waals surface area contributed by atoms with Crippen LogP contribution in [0.2, 0.25) is 0 Å². The van der Waals surface area contributed by atoms with Crippen LogP contribution in [0.4, 0.5) is 0 Å². The molecule has 1 aliphatic carbocycles. The summed E-state index contributed by atoms with van der Waals surface area (Å²) in [4.78, 5) is 4.82. The number of nitrogens with zero attached hydrogens (tertiary/aromatic N) is 6. The van der Waals surface area contributed by atoms with Crippen molar-refractivity contribution in [1.82, 2.24) is 35.2 Å². The van der Waals surface area contributed by atoms with Crippen LogP contribution in [0.5, 0.6) is 0 Å². The molecule has 0 saturated heterocycles. The number of hydrogen-bond donors (Lipinski definition) is 2. The van der Waals surface area contributed by atoms with Gasteiger partial charge in [0.25, 0.3) is 0 Å². The van der Waals surface area contributed by atoms with Crippen molar-refractivity contribution in [1.29, 1.82) is 0 Å². The monoisotopic (exact) mass is 406 g/mol. The van der Waals surface area contributed by atoms with Crippen molar-refractivity contribution in [2.24, 2.45) is 12.0 Å². The highest BCUT2D eigenvalue weighted by Gasteiger charge is 2.18. The van der Waals surface area contributed by atoms with Gasteiger partial charge in [-0.2, -0.15) is 5.10 Å². The summed E-state index contributed by atoms with van der Waals surface area (Å²) < 4.78 is 3.85. The second-order valence-electron chi connectivity index (χ2n) is 7.92. The molecule has 0 radical (unpaired) electrons. The molecule has 8 nitrogen and oxygen atoms in total. The van der Waals surface area contributed by atoms with E-state index in [9.17, 15) is 0 Å². The summed E-state index contributed by atoms with van der Waals surface area (Å²) in [6.07, 6.45) is 8.66. The van der Waals surface area contributed by atoms with E-state index in [2.05, 4.69) is 57.1 Å². The van der Waals surface area contributed by atoms with Crippen molar-refractivity contribution >= 4 is 5.96 Å². The molecule has 1 saturated carbocycles. The highest BCUT2D eigenvalue weighted by Crippen LogP contribution is 2.19. The molecule has 2 aromatic heterocycles. The van der Waals surface area contributed by atoms with E-state index in [-0.39, 0.29) is 6.04 Å². The van der Waals surface area contributed by atoms with Crippen molar-refractivity contribution in [3.8, 4) is 5.69 Å². The highest BCUT2D eigenvalue weighted by atomic mass is 15.3. The van der Waals surface area contributed by atoms with Crippen LogP contribution in [0.25, 0.3) is 5.69 Å². The molecule has 2 N–H and O–H groups in total. The molecule has 0 amide bonds. The van der Waals surface area contributed by atoms with Gasteiger partial charge in [0.15, 0.2) is 11.8 Å². The van der Waals surface area contributed by atoms with Gasteiger partial charge < -0.3 is 15.2 Å². The number of benzene rings is 1. The molecular formula is C22H30N8. The minimum atomic E-state index is 0.0920. The Morgan fingerprint density at radius 1 is 1.23 bits per heavy atom. The van der Waals surface area contributed by atoms with Crippen LogP contribution < -0.4 is 10.6 Å². The number of aromatic nitrogens is 5. The lowest BCUT2D eigenvalue weighted by Gasteiger charge is -2.22. The Morgan fingerprint density at radius 2 is 2.07 bits per heavy atom. The molecule has 2 heterocycles. The number of nitrogens with one attached hydrogen (secondary N) is 2.